The Bertz CT molecular complexity index is 237. The highest BCUT2D eigenvalue weighted by Crippen LogP contribution is 2.12. The highest BCUT2D eigenvalue weighted by Gasteiger charge is 2.17. The van der Waals surface area contributed by atoms with Crippen molar-refractivity contribution < 1.29 is 9.53 Å². The number of esters is 1. The second-order valence-corrected chi connectivity index (χ2v) is 6.01. The van der Waals surface area contributed by atoms with Gasteiger partial charge in [-0.05, 0) is 25.8 Å². The molecule has 1 N–H and O–H groups in total. The minimum atomic E-state index is -0.0241. The number of ether oxygens (including phenoxy) is 1. The first kappa shape index (κ1) is 17.5. The summed E-state index contributed by atoms with van der Waals surface area (Å²) in [5, 5.41) is 3.18. The maximum atomic E-state index is 11.6. The van der Waals surface area contributed by atoms with Crippen LogP contribution in [0.15, 0.2) is 0 Å². The van der Waals surface area contributed by atoms with Gasteiger partial charge >= 0.3 is 5.97 Å². The summed E-state index contributed by atoms with van der Waals surface area (Å²) in [7, 11) is 0. The average molecular weight is 283 g/mol. The number of rotatable bonds is 12. The van der Waals surface area contributed by atoms with E-state index >= 15 is 0 Å². The van der Waals surface area contributed by atoms with Gasteiger partial charge in [0.1, 0.15) is 0 Å². The Morgan fingerprint density at radius 2 is 1.60 bits per heavy atom. The molecular weight excluding hydrogens is 250 g/mol. The first-order valence-electron chi connectivity index (χ1n) is 8.76. The van der Waals surface area contributed by atoms with Crippen LogP contribution >= 0.6 is 0 Å². The number of carbonyl (C=O) groups excluding carboxylic acids is 1. The Morgan fingerprint density at radius 3 is 2.15 bits per heavy atom. The average Bonchev–Trinajstić information content (AvgIpc) is 2.93. The highest BCUT2D eigenvalue weighted by molar-refractivity contribution is 5.69. The molecule has 20 heavy (non-hydrogen) atoms. The number of hydrogen-bond donors (Lipinski definition) is 1. The summed E-state index contributed by atoms with van der Waals surface area (Å²) in [4.78, 5) is 11.6. The summed E-state index contributed by atoms with van der Waals surface area (Å²) in [6, 6.07) is 0. The molecule has 1 unspecified atom stereocenters. The van der Waals surface area contributed by atoms with Crippen LogP contribution in [0.5, 0.6) is 0 Å². The molecule has 1 atom stereocenters. The Balaban J connectivity index is 1.78. The standard InChI is InChI=1S/C17H33NO2/c1-2-3-4-5-6-7-8-9-10-11-14-17(19)20-16-13-12-15-18-16/h16,18H,2-15H2,1H3. The van der Waals surface area contributed by atoms with Gasteiger partial charge in [-0.2, -0.15) is 0 Å². The molecule has 1 saturated heterocycles. The van der Waals surface area contributed by atoms with E-state index in [0.29, 0.717) is 6.42 Å². The van der Waals surface area contributed by atoms with E-state index in [1.54, 1.807) is 0 Å². The maximum Gasteiger partial charge on any atom is 0.307 e. The van der Waals surface area contributed by atoms with Gasteiger partial charge in [0, 0.05) is 6.42 Å². The zero-order chi connectivity index (χ0) is 14.5. The van der Waals surface area contributed by atoms with Crippen molar-refractivity contribution in [2.75, 3.05) is 6.54 Å². The fourth-order valence-corrected chi connectivity index (χ4v) is 2.73. The van der Waals surface area contributed by atoms with Gasteiger partial charge in [0.05, 0.1) is 0 Å². The molecule has 0 aliphatic carbocycles. The van der Waals surface area contributed by atoms with Gasteiger partial charge in [-0.3, -0.25) is 10.1 Å². The maximum absolute atomic E-state index is 11.6. The third kappa shape index (κ3) is 9.35. The van der Waals surface area contributed by atoms with Crippen LogP contribution in [-0.2, 0) is 9.53 Å². The first-order chi connectivity index (χ1) is 9.83. The van der Waals surface area contributed by atoms with Crippen LogP contribution in [0.2, 0.25) is 0 Å². The van der Waals surface area contributed by atoms with Crippen LogP contribution in [0.25, 0.3) is 0 Å². The molecule has 0 spiro atoms. The Morgan fingerprint density at radius 1 is 1.00 bits per heavy atom. The van der Waals surface area contributed by atoms with Crippen molar-refractivity contribution in [2.24, 2.45) is 0 Å². The van der Waals surface area contributed by atoms with E-state index in [1.807, 2.05) is 0 Å². The van der Waals surface area contributed by atoms with Crippen molar-refractivity contribution in [1.82, 2.24) is 5.32 Å². The van der Waals surface area contributed by atoms with Crippen LogP contribution in [0, 0.1) is 0 Å². The Hall–Kier alpha value is -0.570. The summed E-state index contributed by atoms with van der Waals surface area (Å²) < 4.78 is 5.34. The topological polar surface area (TPSA) is 38.3 Å². The van der Waals surface area contributed by atoms with Gasteiger partial charge in [-0.25, -0.2) is 0 Å². The molecule has 0 radical (unpaired) electrons. The Labute approximate surface area is 124 Å². The molecule has 0 aromatic heterocycles. The summed E-state index contributed by atoms with van der Waals surface area (Å²) in [6.45, 7) is 3.24. The van der Waals surface area contributed by atoms with E-state index in [0.717, 1.165) is 25.8 Å². The van der Waals surface area contributed by atoms with Crippen molar-refractivity contribution in [1.29, 1.82) is 0 Å². The second-order valence-electron chi connectivity index (χ2n) is 6.01. The summed E-state index contributed by atoms with van der Waals surface area (Å²) in [5.41, 5.74) is 0. The zero-order valence-corrected chi connectivity index (χ0v) is 13.3. The fourth-order valence-electron chi connectivity index (χ4n) is 2.73. The molecule has 1 rings (SSSR count). The van der Waals surface area contributed by atoms with Crippen LogP contribution in [0.1, 0.15) is 90.4 Å². The number of hydrogen-bond acceptors (Lipinski definition) is 3. The smallest absolute Gasteiger partial charge is 0.307 e. The molecule has 0 bridgehead atoms. The van der Waals surface area contributed by atoms with E-state index in [2.05, 4.69) is 12.2 Å². The minimum absolute atomic E-state index is 0.00868. The fraction of sp³-hybridized carbons (Fsp3) is 0.941. The van der Waals surface area contributed by atoms with Gasteiger partial charge in [0.15, 0.2) is 6.23 Å². The predicted molar refractivity (Wildman–Crippen MR) is 83.6 cm³/mol. The molecule has 0 saturated carbocycles. The molecule has 3 heteroatoms. The van der Waals surface area contributed by atoms with Crippen LogP contribution < -0.4 is 5.32 Å². The monoisotopic (exact) mass is 283 g/mol. The van der Waals surface area contributed by atoms with Crippen molar-refractivity contribution in [3.05, 3.63) is 0 Å². The lowest BCUT2D eigenvalue weighted by atomic mass is 10.1. The van der Waals surface area contributed by atoms with E-state index in [-0.39, 0.29) is 12.2 Å². The van der Waals surface area contributed by atoms with Gasteiger partial charge in [-0.1, -0.05) is 64.7 Å². The van der Waals surface area contributed by atoms with Gasteiger partial charge < -0.3 is 4.74 Å². The second kappa shape index (κ2) is 12.2. The van der Waals surface area contributed by atoms with Crippen LogP contribution in [0.3, 0.4) is 0 Å². The molecule has 0 aromatic carbocycles. The molecule has 118 valence electrons. The molecular formula is C17H33NO2. The first-order valence-corrected chi connectivity index (χ1v) is 8.76. The van der Waals surface area contributed by atoms with Crippen molar-refractivity contribution in [2.45, 2.75) is 96.6 Å². The molecule has 0 amide bonds. The van der Waals surface area contributed by atoms with E-state index < -0.39 is 0 Å². The number of nitrogens with one attached hydrogen (secondary N) is 1. The lowest BCUT2D eigenvalue weighted by Crippen LogP contribution is -2.27. The minimum Gasteiger partial charge on any atom is -0.447 e. The molecule has 1 fully saturated rings. The SMILES string of the molecule is CCCCCCCCCCCCC(=O)OC1CCCN1. The van der Waals surface area contributed by atoms with Gasteiger partial charge in [-0.15, -0.1) is 0 Å². The number of carbonyl (C=O) groups is 1. The molecule has 3 nitrogen and oxygen atoms in total. The number of unbranched alkanes of at least 4 members (excludes halogenated alkanes) is 9. The van der Waals surface area contributed by atoms with Crippen molar-refractivity contribution >= 4 is 5.97 Å². The Kier molecular flexibility index (Phi) is 10.7. The van der Waals surface area contributed by atoms with E-state index in [4.69, 9.17) is 4.74 Å². The van der Waals surface area contributed by atoms with Crippen LogP contribution in [0.4, 0.5) is 0 Å². The van der Waals surface area contributed by atoms with E-state index in [9.17, 15) is 4.79 Å². The lowest BCUT2D eigenvalue weighted by molar-refractivity contribution is -0.149. The zero-order valence-electron chi connectivity index (χ0n) is 13.3. The highest BCUT2D eigenvalue weighted by atomic mass is 16.6. The van der Waals surface area contributed by atoms with Crippen molar-refractivity contribution in [3.8, 4) is 0 Å². The third-order valence-electron chi connectivity index (χ3n) is 4.02. The summed E-state index contributed by atoms with van der Waals surface area (Å²) in [6.07, 6.45) is 15.7. The van der Waals surface area contributed by atoms with Crippen LogP contribution in [-0.4, -0.2) is 18.7 Å². The predicted octanol–water partition coefficient (Wildman–Crippen LogP) is 4.55. The molecule has 1 heterocycles. The quantitative estimate of drug-likeness (QED) is 0.422. The normalized spacial score (nSPS) is 18.4. The summed E-state index contributed by atoms with van der Waals surface area (Å²) in [5.74, 6) is -0.0241. The van der Waals surface area contributed by atoms with Gasteiger partial charge in [0.2, 0.25) is 0 Å². The lowest BCUT2D eigenvalue weighted by Gasteiger charge is -2.11. The third-order valence-corrected chi connectivity index (χ3v) is 4.02. The van der Waals surface area contributed by atoms with E-state index in [1.165, 1.54) is 57.8 Å². The molecule has 1 aliphatic heterocycles. The molecule has 1 aliphatic rings. The summed E-state index contributed by atoms with van der Waals surface area (Å²) >= 11 is 0. The van der Waals surface area contributed by atoms with Gasteiger partial charge in [0.25, 0.3) is 0 Å². The van der Waals surface area contributed by atoms with Crippen molar-refractivity contribution in [3.63, 3.8) is 0 Å². The molecule has 0 aromatic rings. The largest absolute Gasteiger partial charge is 0.447 e.